The van der Waals surface area contributed by atoms with Crippen molar-refractivity contribution in [1.29, 1.82) is 0 Å². The molecule has 1 saturated carbocycles. The van der Waals surface area contributed by atoms with E-state index in [2.05, 4.69) is 20.4 Å². The molecule has 0 bridgehead atoms. The van der Waals surface area contributed by atoms with E-state index in [1.54, 1.807) is 0 Å². The van der Waals surface area contributed by atoms with Crippen LogP contribution in [0.3, 0.4) is 0 Å². The van der Waals surface area contributed by atoms with Crippen LogP contribution in [0.4, 0.5) is 0 Å². The van der Waals surface area contributed by atoms with E-state index in [0.29, 0.717) is 11.8 Å². The number of hydrogen-bond acceptors (Lipinski definition) is 1. The molecular formula is C11H20O. The highest BCUT2D eigenvalue weighted by Crippen LogP contribution is 2.39. The lowest BCUT2D eigenvalue weighted by molar-refractivity contribution is -0.0375. The molecule has 0 aromatic carbocycles. The van der Waals surface area contributed by atoms with E-state index in [0.717, 1.165) is 12.8 Å². The van der Waals surface area contributed by atoms with Crippen LogP contribution in [0.25, 0.3) is 0 Å². The average Bonchev–Trinajstić information content (AvgIpc) is 1.94. The number of rotatable bonds is 1. The normalized spacial score (nSPS) is 42.7. The first-order valence-electron chi connectivity index (χ1n) is 4.81. The lowest BCUT2D eigenvalue weighted by Crippen LogP contribution is -2.39. The second-order valence-corrected chi connectivity index (χ2v) is 4.58. The molecule has 0 unspecified atom stereocenters. The maximum Gasteiger partial charge on any atom is 0.0650 e. The second-order valence-electron chi connectivity index (χ2n) is 4.58. The van der Waals surface area contributed by atoms with E-state index in [1.807, 2.05) is 6.92 Å². The summed E-state index contributed by atoms with van der Waals surface area (Å²) in [6.07, 6.45) is 3.22. The van der Waals surface area contributed by atoms with E-state index in [1.165, 1.54) is 12.0 Å². The second kappa shape index (κ2) is 3.21. The van der Waals surface area contributed by atoms with E-state index in [4.69, 9.17) is 0 Å². The molecular weight excluding hydrogens is 148 g/mol. The first kappa shape index (κ1) is 9.79. The maximum absolute atomic E-state index is 10.0. The van der Waals surface area contributed by atoms with Crippen LogP contribution in [0.1, 0.15) is 40.0 Å². The Labute approximate surface area is 75.5 Å². The van der Waals surface area contributed by atoms with Gasteiger partial charge in [0.2, 0.25) is 0 Å². The summed E-state index contributed by atoms with van der Waals surface area (Å²) < 4.78 is 0. The summed E-state index contributed by atoms with van der Waals surface area (Å²) in [6.45, 7) is 10.1. The Morgan fingerprint density at radius 3 is 2.50 bits per heavy atom. The average molecular weight is 168 g/mol. The highest BCUT2D eigenvalue weighted by atomic mass is 16.3. The number of allylic oxidation sites excluding steroid dienone is 1. The van der Waals surface area contributed by atoms with Gasteiger partial charge in [0.1, 0.15) is 0 Å². The highest BCUT2D eigenvalue weighted by molar-refractivity contribution is 5.02. The molecule has 1 nitrogen and oxygen atoms in total. The van der Waals surface area contributed by atoms with Crippen molar-refractivity contribution in [3.05, 3.63) is 12.2 Å². The van der Waals surface area contributed by atoms with Gasteiger partial charge in [0.25, 0.3) is 0 Å². The van der Waals surface area contributed by atoms with Crippen LogP contribution in [-0.4, -0.2) is 10.7 Å². The zero-order valence-electron chi connectivity index (χ0n) is 8.43. The van der Waals surface area contributed by atoms with Crippen LogP contribution in [0.15, 0.2) is 12.2 Å². The Balaban J connectivity index is 2.63. The SMILES string of the molecule is C=C(C)[C@@H]1CC[C@@H](C)[C@@](C)(O)C1. The first-order chi connectivity index (χ1) is 5.43. The maximum atomic E-state index is 10.0. The van der Waals surface area contributed by atoms with E-state index in [9.17, 15) is 5.11 Å². The minimum atomic E-state index is -0.470. The lowest BCUT2D eigenvalue weighted by atomic mass is 9.71. The molecule has 1 N–H and O–H groups in total. The van der Waals surface area contributed by atoms with Gasteiger partial charge in [-0.2, -0.15) is 0 Å². The zero-order chi connectivity index (χ0) is 9.35. The zero-order valence-corrected chi connectivity index (χ0v) is 8.43. The molecule has 3 atom stereocenters. The molecule has 1 aliphatic carbocycles. The minimum Gasteiger partial charge on any atom is -0.390 e. The van der Waals surface area contributed by atoms with Crippen molar-refractivity contribution < 1.29 is 5.11 Å². The number of hydrogen-bond donors (Lipinski definition) is 1. The third-order valence-electron chi connectivity index (χ3n) is 3.37. The van der Waals surface area contributed by atoms with Gasteiger partial charge in [-0.15, -0.1) is 0 Å². The predicted molar refractivity (Wildman–Crippen MR) is 51.9 cm³/mol. The summed E-state index contributed by atoms with van der Waals surface area (Å²) >= 11 is 0. The Hall–Kier alpha value is -0.300. The molecule has 0 heterocycles. The Morgan fingerprint density at radius 1 is 1.50 bits per heavy atom. The largest absolute Gasteiger partial charge is 0.390 e. The van der Waals surface area contributed by atoms with Crippen LogP contribution in [-0.2, 0) is 0 Å². The first-order valence-corrected chi connectivity index (χ1v) is 4.81. The van der Waals surface area contributed by atoms with Gasteiger partial charge in [-0.05, 0) is 44.9 Å². The van der Waals surface area contributed by atoms with Crippen molar-refractivity contribution in [3.63, 3.8) is 0 Å². The standard InChI is InChI=1S/C11H20O/c1-8(2)10-6-5-9(3)11(4,12)7-10/h9-10,12H,1,5-7H2,2-4H3/t9-,10-,11+/m1/s1. The molecule has 70 valence electrons. The fourth-order valence-electron chi connectivity index (χ4n) is 1.98. The van der Waals surface area contributed by atoms with Crippen molar-refractivity contribution in [2.24, 2.45) is 11.8 Å². The van der Waals surface area contributed by atoms with Gasteiger partial charge < -0.3 is 5.11 Å². The fourth-order valence-corrected chi connectivity index (χ4v) is 1.98. The summed E-state index contributed by atoms with van der Waals surface area (Å²) in [5, 5.41) is 10.0. The van der Waals surface area contributed by atoms with Crippen molar-refractivity contribution in [1.82, 2.24) is 0 Å². The molecule has 1 rings (SSSR count). The van der Waals surface area contributed by atoms with Crippen molar-refractivity contribution >= 4 is 0 Å². The Kier molecular flexibility index (Phi) is 2.62. The predicted octanol–water partition coefficient (Wildman–Crippen LogP) is 2.75. The molecule has 0 aromatic rings. The molecule has 1 heteroatoms. The van der Waals surface area contributed by atoms with Crippen LogP contribution >= 0.6 is 0 Å². The smallest absolute Gasteiger partial charge is 0.0650 e. The van der Waals surface area contributed by atoms with Gasteiger partial charge in [-0.25, -0.2) is 0 Å². The Morgan fingerprint density at radius 2 is 2.08 bits per heavy atom. The van der Waals surface area contributed by atoms with Gasteiger partial charge in [0.05, 0.1) is 5.60 Å². The summed E-state index contributed by atoms with van der Waals surface area (Å²) in [5.74, 6) is 0.976. The quantitative estimate of drug-likeness (QED) is 0.597. The third-order valence-corrected chi connectivity index (χ3v) is 3.37. The topological polar surface area (TPSA) is 20.2 Å². The van der Waals surface area contributed by atoms with Crippen LogP contribution in [0.5, 0.6) is 0 Å². The summed E-state index contributed by atoms with van der Waals surface area (Å²) in [5.41, 5.74) is 0.754. The molecule has 0 radical (unpaired) electrons. The molecule has 0 amide bonds. The monoisotopic (exact) mass is 168 g/mol. The van der Waals surface area contributed by atoms with Crippen LogP contribution < -0.4 is 0 Å². The van der Waals surface area contributed by atoms with Crippen molar-refractivity contribution in [3.8, 4) is 0 Å². The molecule has 0 aliphatic heterocycles. The van der Waals surface area contributed by atoms with Gasteiger partial charge in [0, 0.05) is 0 Å². The molecule has 12 heavy (non-hydrogen) atoms. The molecule has 0 spiro atoms. The van der Waals surface area contributed by atoms with E-state index < -0.39 is 5.60 Å². The molecule has 1 fully saturated rings. The summed E-state index contributed by atoms with van der Waals surface area (Å²) in [4.78, 5) is 0. The lowest BCUT2D eigenvalue weighted by Gasteiger charge is -2.39. The molecule has 0 aromatic heterocycles. The van der Waals surface area contributed by atoms with E-state index in [-0.39, 0.29) is 0 Å². The van der Waals surface area contributed by atoms with E-state index >= 15 is 0 Å². The van der Waals surface area contributed by atoms with Crippen molar-refractivity contribution in [2.75, 3.05) is 0 Å². The highest BCUT2D eigenvalue weighted by Gasteiger charge is 2.35. The van der Waals surface area contributed by atoms with Gasteiger partial charge in [-0.3, -0.25) is 0 Å². The van der Waals surface area contributed by atoms with Crippen LogP contribution in [0.2, 0.25) is 0 Å². The van der Waals surface area contributed by atoms with Gasteiger partial charge in [0.15, 0.2) is 0 Å². The van der Waals surface area contributed by atoms with Gasteiger partial charge in [-0.1, -0.05) is 19.1 Å². The van der Waals surface area contributed by atoms with Crippen molar-refractivity contribution in [2.45, 2.75) is 45.6 Å². The van der Waals surface area contributed by atoms with Crippen LogP contribution in [0, 0.1) is 11.8 Å². The number of aliphatic hydroxyl groups is 1. The third kappa shape index (κ3) is 1.89. The summed E-state index contributed by atoms with van der Waals surface area (Å²) in [6, 6.07) is 0. The molecule has 0 saturated heterocycles. The van der Waals surface area contributed by atoms with Gasteiger partial charge >= 0.3 is 0 Å². The minimum absolute atomic E-state index is 0.438. The molecule has 1 aliphatic rings. The Bertz CT molecular complexity index is 181. The summed E-state index contributed by atoms with van der Waals surface area (Å²) in [7, 11) is 0. The fraction of sp³-hybridized carbons (Fsp3) is 0.818.